The highest BCUT2D eigenvalue weighted by Gasteiger charge is 2.28. The van der Waals surface area contributed by atoms with Gasteiger partial charge in [0.2, 0.25) is 10.0 Å². The van der Waals surface area contributed by atoms with Gasteiger partial charge in [0.25, 0.3) is 0 Å². The summed E-state index contributed by atoms with van der Waals surface area (Å²) in [6.07, 6.45) is 1.80. The van der Waals surface area contributed by atoms with Crippen LogP contribution in [0, 0.1) is 4.64 Å². The number of aryl methyl sites for hydroxylation is 2. The van der Waals surface area contributed by atoms with Crippen LogP contribution in [0.4, 0.5) is 0 Å². The number of H-pyrrole nitrogens is 1. The molecule has 3 heterocycles. The normalized spacial score (nSPS) is 16.0. The first-order chi connectivity index (χ1) is 15.3. The largest absolute Gasteiger partial charge is 0.496 e. The number of hydrogen-bond acceptors (Lipinski definition) is 6. The number of sulfonamides is 1. The zero-order valence-corrected chi connectivity index (χ0v) is 20.5. The summed E-state index contributed by atoms with van der Waals surface area (Å²) in [7, 11) is 1.85. The maximum absolute atomic E-state index is 13.3. The van der Waals surface area contributed by atoms with Crippen molar-refractivity contribution in [1.29, 1.82) is 0 Å². The van der Waals surface area contributed by atoms with Crippen LogP contribution in [0.5, 0.6) is 5.75 Å². The maximum atomic E-state index is 13.3. The number of aromatic nitrogens is 3. The number of ether oxygens (including phenoxy) is 1. The highest BCUT2D eigenvalue weighted by molar-refractivity contribution is 7.89. The highest BCUT2D eigenvalue weighted by Crippen LogP contribution is 2.34. The molecule has 10 heteroatoms. The number of aromatic amines is 1. The van der Waals surface area contributed by atoms with E-state index in [1.807, 2.05) is 20.2 Å². The van der Waals surface area contributed by atoms with E-state index in [1.54, 1.807) is 34.3 Å². The van der Waals surface area contributed by atoms with Crippen molar-refractivity contribution < 1.29 is 13.2 Å². The minimum absolute atomic E-state index is 0.247. The summed E-state index contributed by atoms with van der Waals surface area (Å²) in [5, 5.41) is 5.61. The van der Waals surface area contributed by atoms with Gasteiger partial charge in [0.1, 0.15) is 15.9 Å². The topological polar surface area (TPSA) is 83.5 Å². The second-order valence-electron chi connectivity index (χ2n) is 8.16. The number of piperazine rings is 1. The molecule has 1 saturated heterocycles. The molecule has 0 spiro atoms. The molecule has 0 amide bonds. The molecule has 3 aromatic rings. The number of methoxy groups -OCH3 is 1. The molecule has 0 bridgehead atoms. The van der Waals surface area contributed by atoms with Gasteiger partial charge in [0.05, 0.1) is 23.4 Å². The van der Waals surface area contributed by atoms with E-state index in [1.165, 1.54) is 0 Å². The average Bonchev–Trinajstić information content (AvgIpc) is 3.09. The number of likely N-dealkylation sites (N-methyl/N-ethyl adjacent to an activating group) is 1. The van der Waals surface area contributed by atoms with E-state index in [-0.39, 0.29) is 4.90 Å². The van der Waals surface area contributed by atoms with Gasteiger partial charge in [-0.05, 0) is 37.7 Å². The fourth-order valence-corrected chi connectivity index (χ4v) is 5.98. The monoisotopic (exact) mass is 475 g/mol. The van der Waals surface area contributed by atoms with Gasteiger partial charge in [-0.2, -0.15) is 9.40 Å². The Balaban J connectivity index is 1.84. The Morgan fingerprint density at radius 1 is 1.16 bits per heavy atom. The first kappa shape index (κ1) is 22.9. The number of nitrogens with zero attached hydrogens (tertiary/aromatic N) is 4. The predicted molar refractivity (Wildman–Crippen MR) is 128 cm³/mol. The van der Waals surface area contributed by atoms with Crippen molar-refractivity contribution in [3.05, 3.63) is 34.6 Å². The summed E-state index contributed by atoms with van der Waals surface area (Å²) in [4.78, 5) is 5.64. The first-order valence-electron chi connectivity index (χ1n) is 10.7. The van der Waals surface area contributed by atoms with E-state index < -0.39 is 10.0 Å². The number of hydrogen-bond donors (Lipinski definition) is 1. The molecule has 1 N–H and O–H groups in total. The van der Waals surface area contributed by atoms with E-state index in [2.05, 4.69) is 21.9 Å². The Morgan fingerprint density at radius 2 is 1.88 bits per heavy atom. The van der Waals surface area contributed by atoms with Gasteiger partial charge in [0, 0.05) is 44.2 Å². The number of fused-ring (bicyclic) bond motifs is 1. The first-order valence-corrected chi connectivity index (χ1v) is 12.6. The van der Waals surface area contributed by atoms with Crippen LogP contribution in [-0.2, 0) is 23.5 Å². The lowest BCUT2D eigenvalue weighted by Gasteiger charge is -2.31. The quantitative estimate of drug-likeness (QED) is 0.552. The lowest BCUT2D eigenvalue weighted by atomic mass is 10.1. The summed E-state index contributed by atoms with van der Waals surface area (Å²) < 4.78 is 36.1. The summed E-state index contributed by atoms with van der Waals surface area (Å²) in [5.74, 6) is 0.577. The van der Waals surface area contributed by atoms with E-state index in [4.69, 9.17) is 17.0 Å². The molecule has 0 aliphatic carbocycles. The zero-order chi connectivity index (χ0) is 23.0. The fraction of sp³-hybridized carbons (Fsp3) is 0.455. The van der Waals surface area contributed by atoms with Gasteiger partial charge in [0.15, 0.2) is 0 Å². The Hall–Kier alpha value is -2.27. The highest BCUT2D eigenvalue weighted by atomic mass is 32.2. The van der Waals surface area contributed by atoms with Gasteiger partial charge < -0.3 is 14.6 Å². The van der Waals surface area contributed by atoms with Gasteiger partial charge >= 0.3 is 0 Å². The molecule has 0 radical (unpaired) electrons. The van der Waals surface area contributed by atoms with Crippen molar-refractivity contribution in [2.75, 3.05) is 40.3 Å². The van der Waals surface area contributed by atoms with Gasteiger partial charge in [-0.1, -0.05) is 25.6 Å². The third kappa shape index (κ3) is 4.07. The third-order valence-electron chi connectivity index (χ3n) is 5.96. The van der Waals surface area contributed by atoms with E-state index in [0.717, 1.165) is 29.4 Å². The molecule has 1 aromatic carbocycles. The Labute approximate surface area is 193 Å². The molecule has 32 heavy (non-hydrogen) atoms. The zero-order valence-electron chi connectivity index (χ0n) is 18.9. The molecular formula is C22H29N5O3S2. The SMILES string of the molecule is CCCc1nn(C)c2c(=S)[nH]c(-c3cc(S(=O)(=O)N4CCN(C)CC4)ccc3OC)cc12. The number of pyridine rings is 1. The van der Waals surface area contributed by atoms with Crippen LogP contribution in [0.25, 0.3) is 22.2 Å². The Morgan fingerprint density at radius 3 is 2.53 bits per heavy atom. The standard InChI is InChI=1S/C22H29N5O3S2/c1-5-6-18-17-14-19(23-22(31)21(17)26(3)24-18)16-13-15(7-8-20(16)30-4)32(28,29)27-11-9-25(2)10-12-27/h7-8,13-14H,5-6,9-12H2,1-4H3,(H,23,31). The molecular weight excluding hydrogens is 446 g/mol. The van der Waals surface area contributed by atoms with Crippen LogP contribution < -0.4 is 4.74 Å². The summed E-state index contributed by atoms with van der Waals surface area (Å²) in [6.45, 7) is 4.50. The van der Waals surface area contributed by atoms with Crippen molar-refractivity contribution in [2.45, 2.75) is 24.7 Å². The Kier molecular flexibility index (Phi) is 6.39. The van der Waals surface area contributed by atoms with E-state index in [0.29, 0.717) is 47.8 Å². The van der Waals surface area contributed by atoms with Gasteiger partial charge in [-0.15, -0.1) is 0 Å². The van der Waals surface area contributed by atoms with Crippen LogP contribution in [0.2, 0.25) is 0 Å². The second kappa shape index (κ2) is 8.93. The Bertz CT molecular complexity index is 1310. The van der Waals surface area contributed by atoms with Gasteiger partial charge in [-0.3, -0.25) is 4.68 Å². The number of rotatable bonds is 6. The predicted octanol–water partition coefficient (Wildman–Crippen LogP) is 3.20. The molecule has 2 aromatic heterocycles. The smallest absolute Gasteiger partial charge is 0.243 e. The summed E-state index contributed by atoms with van der Waals surface area (Å²) in [6, 6.07) is 6.98. The lowest BCUT2D eigenvalue weighted by Crippen LogP contribution is -2.47. The third-order valence-corrected chi connectivity index (χ3v) is 8.15. The van der Waals surface area contributed by atoms with Crippen molar-refractivity contribution in [1.82, 2.24) is 24.0 Å². The minimum Gasteiger partial charge on any atom is -0.496 e. The molecule has 4 rings (SSSR count). The molecule has 0 unspecified atom stereocenters. The minimum atomic E-state index is -3.61. The van der Waals surface area contributed by atoms with Crippen molar-refractivity contribution in [3.8, 4) is 17.0 Å². The summed E-state index contributed by atoms with van der Waals surface area (Å²) >= 11 is 5.64. The van der Waals surface area contributed by atoms with Crippen molar-refractivity contribution in [3.63, 3.8) is 0 Å². The average molecular weight is 476 g/mol. The van der Waals surface area contributed by atoms with Crippen LogP contribution in [0.15, 0.2) is 29.2 Å². The molecule has 1 aliphatic heterocycles. The molecule has 8 nitrogen and oxygen atoms in total. The van der Waals surface area contributed by atoms with Crippen molar-refractivity contribution in [2.24, 2.45) is 7.05 Å². The molecule has 1 fully saturated rings. The van der Waals surface area contributed by atoms with Crippen LogP contribution >= 0.6 is 12.2 Å². The van der Waals surface area contributed by atoms with Gasteiger partial charge in [-0.25, -0.2) is 8.42 Å². The van der Waals surface area contributed by atoms with Crippen LogP contribution in [-0.4, -0.2) is 72.7 Å². The molecule has 1 aliphatic rings. The van der Waals surface area contributed by atoms with E-state index in [9.17, 15) is 8.42 Å². The van der Waals surface area contributed by atoms with E-state index >= 15 is 0 Å². The number of nitrogens with one attached hydrogen (secondary N) is 1. The van der Waals surface area contributed by atoms with Crippen LogP contribution in [0.1, 0.15) is 19.0 Å². The summed E-state index contributed by atoms with van der Waals surface area (Å²) in [5.41, 5.74) is 3.21. The molecule has 0 saturated carbocycles. The lowest BCUT2D eigenvalue weighted by molar-refractivity contribution is 0.222. The molecule has 0 atom stereocenters. The maximum Gasteiger partial charge on any atom is 0.243 e. The number of benzene rings is 1. The van der Waals surface area contributed by atoms with Crippen LogP contribution in [0.3, 0.4) is 0 Å². The van der Waals surface area contributed by atoms with Crippen molar-refractivity contribution >= 4 is 33.1 Å². The fourth-order valence-electron chi connectivity index (χ4n) is 4.18. The molecule has 172 valence electrons. The second-order valence-corrected chi connectivity index (χ2v) is 10.5.